The Morgan fingerprint density at radius 3 is 1.15 bits per heavy atom. The number of unbranched alkanes of at least 4 members (excludes halogenated alkanes) is 4. The van der Waals surface area contributed by atoms with Crippen LogP contribution in [0.2, 0.25) is 0 Å². The van der Waals surface area contributed by atoms with E-state index in [1.54, 1.807) is 22.3 Å². The SMILES string of the molecule is CCCCCC1CCC(c2ccc(C3(C4(c5ccc(C6CCC(CCCCC)CC6)cc5)SCCCS4)SCCCS3)cc2)CC1. The molecule has 2 heterocycles. The Bertz CT molecular complexity index is 1050. The fraction of sp³-hybridized carbons (Fsp3) is 0.714. The Morgan fingerprint density at radius 1 is 0.478 bits per heavy atom. The highest BCUT2D eigenvalue weighted by Crippen LogP contribution is 2.71. The maximum Gasteiger partial charge on any atom is 0.114 e. The average molecular weight is 695 g/mol. The van der Waals surface area contributed by atoms with Crippen LogP contribution in [-0.4, -0.2) is 23.0 Å². The first kappa shape index (κ1) is 35.7. The standard InChI is InChI=1S/C42H62S4/c1-3-5-7-11-33-13-17-35(18-14-33)37-21-25-39(26-22-37)41(43-29-9-30-44-41)42(45-31-10-32-46-42)40-27-23-38(24-28-40)36-19-15-34(16-20-36)12-8-6-4-2/h21-28,33-36H,3-20,29-32H2,1-2H3. The quantitative estimate of drug-likeness (QED) is 0.191. The van der Waals surface area contributed by atoms with Crippen molar-refractivity contribution in [2.24, 2.45) is 11.8 Å². The molecule has 4 fully saturated rings. The lowest BCUT2D eigenvalue weighted by molar-refractivity contribution is 0.302. The van der Waals surface area contributed by atoms with Gasteiger partial charge in [-0.15, -0.1) is 47.0 Å². The molecule has 46 heavy (non-hydrogen) atoms. The molecule has 4 heteroatoms. The van der Waals surface area contributed by atoms with Crippen LogP contribution in [0, 0.1) is 11.8 Å². The molecule has 0 nitrogen and oxygen atoms in total. The summed E-state index contributed by atoms with van der Waals surface area (Å²) in [6.45, 7) is 4.67. The predicted octanol–water partition coefficient (Wildman–Crippen LogP) is 14.1. The molecule has 2 aliphatic carbocycles. The second-order valence-electron chi connectivity index (χ2n) is 15.0. The van der Waals surface area contributed by atoms with Gasteiger partial charge in [-0.1, -0.05) is 114 Å². The Morgan fingerprint density at radius 2 is 0.826 bits per heavy atom. The largest absolute Gasteiger partial charge is 0.137 e. The summed E-state index contributed by atoms with van der Waals surface area (Å²) in [5.74, 6) is 8.61. The third kappa shape index (κ3) is 8.24. The lowest BCUT2D eigenvalue weighted by Gasteiger charge is -2.53. The molecular formula is C42H62S4. The minimum absolute atomic E-state index is 0.0640. The predicted molar refractivity (Wildman–Crippen MR) is 213 cm³/mol. The zero-order chi connectivity index (χ0) is 31.7. The maximum atomic E-state index is 2.58. The zero-order valence-corrected chi connectivity index (χ0v) is 32.4. The molecule has 6 rings (SSSR count). The molecule has 0 spiro atoms. The topological polar surface area (TPSA) is 0 Å². The van der Waals surface area contributed by atoms with Crippen molar-refractivity contribution >= 4 is 47.0 Å². The number of thioether (sulfide) groups is 4. The molecule has 2 aromatic rings. The van der Waals surface area contributed by atoms with Gasteiger partial charge in [0, 0.05) is 0 Å². The van der Waals surface area contributed by atoms with Gasteiger partial charge in [0.05, 0.1) is 0 Å². The lowest BCUT2D eigenvalue weighted by atomic mass is 9.76. The summed E-state index contributed by atoms with van der Waals surface area (Å²) in [6, 6.07) is 20.6. The van der Waals surface area contributed by atoms with Crippen LogP contribution in [0.15, 0.2) is 48.5 Å². The summed E-state index contributed by atoms with van der Waals surface area (Å²) < 4.78 is 0.128. The molecule has 2 aromatic carbocycles. The molecule has 0 aromatic heterocycles. The highest BCUT2D eigenvalue weighted by atomic mass is 32.2. The van der Waals surface area contributed by atoms with Crippen molar-refractivity contribution in [1.29, 1.82) is 0 Å². The van der Waals surface area contributed by atoms with Gasteiger partial charge < -0.3 is 0 Å². The molecule has 0 bridgehead atoms. The van der Waals surface area contributed by atoms with Crippen molar-refractivity contribution in [2.45, 2.75) is 149 Å². The Labute approximate surface area is 300 Å². The van der Waals surface area contributed by atoms with Gasteiger partial charge in [0.25, 0.3) is 0 Å². The summed E-state index contributed by atoms with van der Waals surface area (Å²) in [6.07, 6.45) is 25.4. The van der Waals surface area contributed by atoms with E-state index < -0.39 is 0 Å². The molecule has 2 saturated carbocycles. The van der Waals surface area contributed by atoms with E-state index in [0.29, 0.717) is 0 Å². The number of hydrogen-bond donors (Lipinski definition) is 0. The first-order chi connectivity index (χ1) is 22.7. The van der Waals surface area contributed by atoms with Gasteiger partial charge in [-0.3, -0.25) is 0 Å². The molecule has 254 valence electrons. The van der Waals surface area contributed by atoms with Crippen molar-refractivity contribution in [3.05, 3.63) is 70.8 Å². The van der Waals surface area contributed by atoms with Gasteiger partial charge in [-0.2, -0.15) is 0 Å². The van der Waals surface area contributed by atoms with E-state index in [1.165, 1.54) is 139 Å². The van der Waals surface area contributed by atoms with E-state index in [-0.39, 0.29) is 8.16 Å². The average Bonchev–Trinajstić information content (AvgIpc) is 3.13. The first-order valence-corrected chi connectivity index (χ1v) is 23.4. The second kappa shape index (κ2) is 17.7. The maximum absolute atomic E-state index is 2.58. The Balaban J connectivity index is 1.19. The highest BCUT2D eigenvalue weighted by Gasteiger charge is 2.57. The van der Waals surface area contributed by atoms with E-state index in [0.717, 1.165) is 23.7 Å². The van der Waals surface area contributed by atoms with Gasteiger partial charge in [-0.05, 0) is 133 Å². The second-order valence-corrected chi connectivity index (χ2v) is 20.8. The van der Waals surface area contributed by atoms with E-state index in [9.17, 15) is 0 Å². The van der Waals surface area contributed by atoms with Crippen LogP contribution in [0.4, 0.5) is 0 Å². The number of rotatable bonds is 13. The third-order valence-electron chi connectivity index (χ3n) is 11.9. The monoisotopic (exact) mass is 694 g/mol. The summed E-state index contributed by atoms with van der Waals surface area (Å²) in [7, 11) is 0. The molecule has 0 radical (unpaired) electrons. The van der Waals surface area contributed by atoms with Crippen LogP contribution in [0.5, 0.6) is 0 Å². The number of hydrogen-bond acceptors (Lipinski definition) is 4. The first-order valence-electron chi connectivity index (χ1n) is 19.4. The van der Waals surface area contributed by atoms with E-state index in [2.05, 4.69) is 109 Å². The van der Waals surface area contributed by atoms with Crippen molar-refractivity contribution in [2.75, 3.05) is 23.0 Å². The van der Waals surface area contributed by atoms with Gasteiger partial charge >= 0.3 is 0 Å². The van der Waals surface area contributed by atoms with Crippen LogP contribution < -0.4 is 0 Å². The summed E-state index contributed by atoms with van der Waals surface area (Å²) >= 11 is 9.11. The van der Waals surface area contributed by atoms with Crippen LogP contribution in [0.1, 0.15) is 164 Å². The van der Waals surface area contributed by atoms with Crippen LogP contribution in [-0.2, 0) is 8.16 Å². The minimum atomic E-state index is 0.0640. The molecule has 0 unspecified atom stereocenters. The molecular weight excluding hydrogens is 633 g/mol. The fourth-order valence-corrected chi connectivity index (χ4v) is 17.2. The van der Waals surface area contributed by atoms with Gasteiger partial charge in [0.15, 0.2) is 0 Å². The third-order valence-corrected chi connectivity index (χ3v) is 19.6. The molecule has 0 N–H and O–H groups in total. The molecule has 2 saturated heterocycles. The molecule has 2 aliphatic heterocycles. The smallest absolute Gasteiger partial charge is 0.114 e. The lowest BCUT2D eigenvalue weighted by Crippen LogP contribution is -2.43. The normalized spacial score (nSPS) is 28.1. The van der Waals surface area contributed by atoms with Crippen molar-refractivity contribution in [3.8, 4) is 0 Å². The molecule has 0 atom stereocenters. The molecule has 4 aliphatic rings. The number of benzene rings is 2. The van der Waals surface area contributed by atoms with Crippen molar-refractivity contribution in [1.82, 2.24) is 0 Å². The molecule has 0 amide bonds. The fourth-order valence-electron chi connectivity index (χ4n) is 9.04. The van der Waals surface area contributed by atoms with E-state index >= 15 is 0 Å². The van der Waals surface area contributed by atoms with E-state index in [1.807, 2.05) is 0 Å². The van der Waals surface area contributed by atoms with Crippen LogP contribution in [0.3, 0.4) is 0 Å². The minimum Gasteiger partial charge on any atom is -0.137 e. The summed E-state index contributed by atoms with van der Waals surface area (Å²) in [5, 5.41) is 0. The van der Waals surface area contributed by atoms with Crippen molar-refractivity contribution < 1.29 is 0 Å². The summed E-state index contributed by atoms with van der Waals surface area (Å²) in [4.78, 5) is 0. The van der Waals surface area contributed by atoms with Crippen LogP contribution in [0.25, 0.3) is 0 Å². The summed E-state index contributed by atoms with van der Waals surface area (Å²) in [5.41, 5.74) is 6.37. The van der Waals surface area contributed by atoms with Gasteiger partial charge in [0.1, 0.15) is 8.16 Å². The van der Waals surface area contributed by atoms with Gasteiger partial charge in [0.2, 0.25) is 0 Å². The van der Waals surface area contributed by atoms with Crippen molar-refractivity contribution in [3.63, 3.8) is 0 Å². The highest BCUT2D eigenvalue weighted by molar-refractivity contribution is 8.24. The van der Waals surface area contributed by atoms with Gasteiger partial charge in [-0.25, -0.2) is 0 Å². The Kier molecular flexibility index (Phi) is 13.7. The Hall–Kier alpha value is -0.160. The van der Waals surface area contributed by atoms with Crippen LogP contribution >= 0.6 is 47.0 Å². The van der Waals surface area contributed by atoms with E-state index in [4.69, 9.17) is 0 Å². The zero-order valence-electron chi connectivity index (χ0n) is 29.1.